The minimum atomic E-state index is -0.411. The maximum Gasteiger partial charge on any atom is 0.0653 e. The van der Waals surface area contributed by atoms with Crippen molar-refractivity contribution in [3.05, 3.63) is 33.8 Å². The van der Waals surface area contributed by atoms with E-state index in [-0.39, 0.29) is 0 Å². The molecule has 0 spiro atoms. The van der Waals surface area contributed by atoms with Gasteiger partial charge in [-0.3, -0.25) is 0 Å². The first-order valence-corrected chi connectivity index (χ1v) is 5.52. The Labute approximate surface area is 93.7 Å². The van der Waals surface area contributed by atoms with Crippen molar-refractivity contribution >= 4 is 23.2 Å². The number of aryl methyl sites for hydroxylation is 1. The van der Waals surface area contributed by atoms with E-state index < -0.39 is 5.60 Å². The number of aliphatic hydroxyl groups is 1. The summed E-state index contributed by atoms with van der Waals surface area (Å²) in [5.41, 5.74) is 0.616. The molecule has 1 saturated carbocycles. The van der Waals surface area contributed by atoms with Crippen molar-refractivity contribution in [1.29, 1.82) is 0 Å². The molecule has 1 aliphatic carbocycles. The van der Waals surface area contributed by atoms with Gasteiger partial charge in [-0.25, -0.2) is 0 Å². The van der Waals surface area contributed by atoms with Gasteiger partial charge in [-0.05, 0) is 37.3 Å². The van der Waals surface area contributed by atoms with Crippen molar-refractivity contribution in [3.63, 3.8) is 0 Å². The Morgan fingerprint density at radius 2 is 2.00 bits per heavy atom. The molecule has 0 bridgehead atoms. The van der Waals surface area contributed by atoms with E-state index >= 15 is 0 Å². The Morgan fingerprint density at radius 1 is 1.29 bits per heavy atom. The molecule has 0 heterocycles. The molecule has 1 aromatic rings. The lowest BCUT2D eigenvalue weighted by atomic mass is 10.1. The maximum absolute atomic E-state index is 9.67. The van der Waals surface area contributed by atoms with Crippen LogP contribution < -0.4 is 0 Å². The minimum absolute atomic E-state index is 0.411. The monoisotopic (exact) mass is 230 g/mol. The highest BCUT2D eigenvalue weighted by Gasteiger charge is 2.39. The summed E-state index contributed by atoms with van der Waals surface area (Å²) in [4.78, 5) is 0. The SMILES string of the molecule is OC1(CCc2cccc(Cl)c2Cl)CC1. The second kappa shape index (κ2) is 3.73. The zero-order valence-electron chi connectivity index (χ0n) is 7.76. The van der Waals surface area contributed by atoms with Crippen molar-refractivity contribution in [1.82, 2.24) is 0 Å². The van der Waals surface area contributed by atoms with Gasteiger partial charge in [0.05, 0.1) is 15.6 Å². The van der Waals surface area contributed by atoms with Crippen LogP contribution in [0.3, 0.4) is 0 Å². The second-order valence-electron chi connectivity index (χ2n) is 3.94. The molecule has 0 amide bonds. The van der Waals surface area contributed by atoms with E-state index in [0.29, 0.717) is 10.0 Å². The van der Waals surface area contributed by atoms with Gasteiger partial charge >= 0.3 is 0 Å². The highest BCUT2D eigenvalue weighted by atomic mass is 35.5. The van der Waals surface area contributed by atoms with Crippen LogP contribution in [0.1, 0.15) is 24.8 Å². The van der Waals surface area contributed by atoms with Gasteiger partial charge in [0.2, 0.25) is 0 Å². The predicted molar refractivity (Wildman–Crippen MR) is 59.0 cm³/mol. The summed E-state index contributed by atoms with van der Waals surface area (Å²) in [6, 6.07) is 5.62. The molecule has 0 atom stereocenters. The molecule has 1 fully saturated rings. The summed E-state index contributed by atoms with van der Waals surface area (Å²) in [6.45, 7) is 0. The largest absolute Gasteiger partial charge is 0.390 e. The van der Waals surface area contributed by atoms with E-state index in [1.165, 1.54) is 0 Å². The Hall–Kier alpha value is -0.240. The quantitative estimate of drug-likeness (QED) is 0.844. The predicted octanol–water partition coefficient (Wildman–Crippen LogP) is 3.45. The fourth-order valence-electron chi connectivity index (χ4n) is 1.50. The van der Waals surface area contributed by atoms with Gasteiger partial charge in [-0.15, -0.1) is 0 Å². The lowest BCUT2D eigenvalue weighted by molar-refractivity contribution is 0.140. The van der Waals surface area contributed by atoms with Gasteiger partial charge in [0.15, 0.2) is 0 Å². The van der Waals surface area contributed by atoms with Gasteiger partial charge in [0, 0.05) is 0 Å². The molecule has 0 aromatic heterocycles. The molecular formula is C11H12Cl2O. The van der Waals surface area contributed by atoms with Gasteiger partial charge in [-0.1, -0.05) is 35.3 Å². The topological polar surface area (TPSA) is 20.2 Å². The smallest absolute Gasteiger partial charge is 0.0653 e. The normalized spacial score (nSPS) is 18.2. The highest BCUT2D eigenvalue weighted by molar-refractivity contribution is 6.42. The molecule has 0 unspecified atom stereocenters. The van der Waals surface area contributed by atoms with Crippen molar-refractivity contribution in [2.45, 2.75) is 31.3 Å². The van der Waals surface area contributed by atoms with Gasteiger partial charge < -0.3 is 5.11 Å². The van der Waals surface area contributed by atoms with Crippen LogP contribution in [-0.4, -0.2) is 10.7 Å². The van der Waals surface area contributed by atoms with E-state index in [1.807, 2.05) is 12.1 Å². The summed E-state index contributed by atoms with van der Waals surface area (Å²) in [5.74, 6) is 0. The van der Waals surface area contributed by atoms with Crippen LogP contribution in [0.5, 0.6) is 0 Å². The first-order chi connectivity index (χ1) is 6.61. The molecule has 2 rings (SSSR count). The fourth-order valence-corrected chi connectivity index (χ4v) is 1.92. The Bertz CT molecular complexity index is 345. The molecule has 76 valence electrons. The average molecular weight is 231 g/mol. The Morgan fingerprint density at radius 3 is 2.64 bits per heavy atom. The molecule has 0 saturated heterocycles. The second-order valence-corrected chi connectivity index (χ2v) is 4.72. The minimum Gasteiger partial charge on any atom is -0.390 e. The molecule has 0 aliphatic heterocycles. The first-order valence-electron chi connectivity index (χ1n) is 4.76. The first kappa shape index (κ1) is 10.3. The number of benzene rings is 1. The van der Waals surface area contributed by atoms with Gasteiger partial charge in [0.1, 0.15) is 0 Å². The summed E-state index contributed by atoms with van der Waals surface area (Å²) in [5, 5.41) is 10.9. The molecule has 1 nitrogen and oxygen atoms in total. The number of halogens is 2. The van der Waals surface area contributed by atoms with Crippen molar-refractivity contribution < 1.29 is 5.11 Å². The number of rotatable bonds is 3. The molecule has 14 heavy (non-hydrogen) atoms. The van der Waals surface area contributed by atoms with Crippen LogP contribution in [0.15, 0.2) is 18.2 Å². The zero-order valence-corrected chi connectivity index (χ0v) is 9.28. The third-order valence-electron chi connectivity index (χ3n) is 2.72. The molecule has 1 aromatic carbocycles. The molecule has 3 heteroatoms. The third-order valence-corrected chi connectivity index (χ3v) is 3.58. The van der Waals surface area contributed by atoms with E-state index in [2.05, 4.69) is 0 Å². The summed E-state index contributed by atoms with van der Waals surface area (Å²) >= 11 is 11.9. The van der Waals surface area contributed by atoms with E-state index in [0.717, 1.165) is 31.2 Å². The van der Waals surface area contributed by atoms with E-state index in [1.54, 1.807) is 6.07 Å². The van der Waals surface area contributed by atoms with Crippen LogP contribution >= 0.6 is 23.2 Å². The van der Waals surface area contributed by atoms with Crippen LogP contribution in [0, 0.1) is 0 Å². The van der Waals surface area contributed by atoms with Crippen LogP contribution in [0.4, 0.5) is 0 Å². The number of hydrogen-bond acceptors (Lipinski definition) is 1. The van der Waals surface area contributed by atoms with E-state index in [9.17, 15) is 5.11 Å². The maximum atomic E-state index is 9.67. The Kier molecular flexibility index (Phi) is 2.74. The van der Waals surface area contributed by atoms with Gasteiger partial charge in [0.25, 0.3) is 0 Å². The molecular weight excluding hydrogens is 219 g/mol. The fraction of sp³-hybridized carbons (Fsp3) is 0.455. The third kappa shape index (κ3) is 2.22. The summed E-state index contributed by atoms with van der Waals surface area (Å²) in [7, 11) is 0. The lowest BCUT2D eigenvalue weighted by Gasteiger charge is -2.09. The van der Waals surface area contributed by atoms with Gasteiger partial charge in [-0.2, -0.15) is 0 Å². The summed E-state index contributed by atoms with van der Waals surface area (Å²) < 4.78 is 0. The zero-order chi connectivity index (χ0) is 10.2. The van der Waals surface area contributed by atoms with Crippen LogP contribution in [-0.2, 0) is 6.42 Å². The summed E-state index contributed by atoms with van der Waals surface area (Å²) in [6.07, 6.45) is 3.43. The molecule has 1 N–H and O–H groups in total. The van der Waals surface area contributed by atoms with Crippen LogP contribution in [0.25, 0.3) is 0 Å². The van der Waals surface area contributed by atoms with Crippen molar-refractivity contribution in [2.75, 3.05) is 0 Å². The van der Waals surface area contributed by atoms with Crippen molar-refractivity contribution in [3.8, 4) is 0 Å². The van der Waals surface area contributed by atoms with Crippen molar-refractivity contribution in [2.24, 2.45) is 0 Å². The van der Waals surface area contributed by atoms with E-state index in [4.69, 9.17) is 23.2 Å². The highest BCUT2D eigenvalue weighted by Crippen LogP contribution is 2.40. The lowest BCUT2D eigenvalue weighted by Crippen LogP contribution is -2.07. The Balaban J connectivity index is 2.05. The average Bonchev–Trinajstić information content (AvgIpc) is 2.88. The van der Waals surface area contributed by atoms with Crippen LogP contribution in [0.2, 0.25) is 10.0 Å². The molecule has 1 aliphatic rings. The standard InChI is InChI=1S/C11H12Cl2O/c12-9-3-1-2-8(10(9)13)4-5-11(14)6-7-11/h1-3,14H,4-7H2. The molecule has 0 radical (unpaired) electrons. The number of hydrogen-bond donors (Lipinski definition) is 1.